The van der Waals surface area contributed by atoms with E-state index in [2.05, 4.69) is 0 Å². The minimum atomic E-state index is -0.618. The van der Waals surface area contributed by atoms with Gasteiger partial charge < -0.3 is 9.47 Å². The van der Waals surface area contributed by atoms with Gasteiger partial charge in [0.2, 0.25) is 0 Å². The van der Waals surface area contributed by atoms with Crippen LogP contribution >= 0.6 is 57.6 Å². The Labute approximate surface area is 235 Å². The van der Waals surface area contributed by atoms with Crippen LogP contribution in [0, 0.1) is 3.57 Å². The maximum Gasteiger partial charge on any atom is 0.345 e. The molecule has 1 heterocycles. The number of benzene rings is 3. The Hall–Kier alpha value is -2.53. The lowest BCUT2D eigenvalue weighted by Crippen LogP contribution is -2.27. The number of ether oxygens (including phenoxy) is 2. The Morgan fingerprint density at radius 2 is 1.75 bits per heavy atom. The van der Waals surface area contributed by atoms with Gasteiger partial charge in [-0.2, -0.15) is 0 Å². The van der Waals surface area contributed by atoms with Crippen molar-refractivity contribution in [3.05, 3.63) is 95.9 Å². The Kier molecular flexibility index (Phi) is 8.61. The minimum Gasteiger partial charge on any atom is -0.490 e. The van der Waals surface area contributed by atoms with Gasteiger partial charge in [-0.3, -0.25) is 14.5 Å². The van der Waals surface area contributed by atoms with Crippen LogP contribution in [0.3, 0.4) is 0 Å². The van der Waals surface area contributed by atoms with Crippen molar-refractivity contribution in [1.29, 1.82) is 0 Å². The van der Waals surface area contributed by atoms with Crippen LogP contribution in [0.2, 0.25) is 10.0 Å². The van der Waals surface area contributed by atoms with Crippen LogP contribution < -0.4 is 9.47 Å². The fourth-order valence-corrected chi connectivity index (χ4v) is 5.37. The first-order valence-electron chi connectivity index (χ1n) is 10.7. The molecule has 6 nitrogen and oxygen atoms in total. The topological polar surface area (TPSA) is 72.9 Å². The lowest BCUT2D eigenvalue weighted by atomic mass is 10.1. The number of hydrogen-bond donors (Lipinski definition) is 0. The second kappa shape index (κ2) is 11.7. The molecule has 0 aromatic heterocycles. The van der Waals surface area contributed by atoms with E-state index in [0.717, 1.165) is 16.7 Å². The van der Waals surface area contributed by atoms with Gasteiger partial charge in [-0.1, -0.05) is 53.5 Å². The second-order valence-corrected chi connectivity index (χ2v) is 10.5. The first-order valence-corrected chi connectivity index (χ1v) is 13.4. The van der Waals surface area contributed by atoms with Gasteiger partial charge in [-0.25, -0.2) is 4.79 Å². The van der Waals surface area contributed by atoms with E-state index in [0.29, 0.717) is 32.1 Å². The second-order valence-electron chi connectivity index (χ2n) is 7.49. The summed E-state index contributed by atoms with van der Waals surface area (Å²) in [4.78, 5) is 39.7. The average molecular weight is 654 g/mol. The first-order chi connectivity index (χ1) is 17.3. The highest BCUT2D eigenvalue weighted by atomic mass is 127. The zero-order chi connectivity index (χ0) is 25.8. The molecule has 10 heteroatoms. The molecule has 0 saturated carbocycles. The van der Waals surface area contributed by atoms with E-state index in [-0.39, 0.29) is 33.0 Å². The highest BCUT2D eigenvalue weighted by Crippen LogP contribution is 2.38. The summed E-state index contributed by atoms with van der Waals surface area (Å²) in [6, 6.07) is 17.1. The SMILES string of the molecule is CCOc1cc(/C=C2\SC(=O)N(Cc3ccccc3Cl)C2=O)cc(I)c1OC(=O)c1ccccc1Cl. The fraction of sp³-hybridized carbons (Fsp3) is 0.115. The van der Waals surface area contributed by atoms with Crippen molar-refractivity contribution < 1.29 is 23.9 Å². The van der Waals surface area contributed by atoms with Crippen molar-refractivity contribution in [1.82, 2.24) is 4.90 Å². The molecule has 3 aromatic rings. The molecule has 0 aliphatic carbocycles. The smallest absolute Gasteiger partial charge is 0.345 e. The number of imide groups is 1. The lowest BCUT2D eigenvalue weighted by Gasteiger charge is -2.14. The molecular weight excluding hydrogens is 636 g/mol. The average Bonchev–Trinajstić information content (AvgIpc) is 3.10. The summed E-state index contributed by atoms with van der Waals surface area (Å²) in [6.45, 7) is 2.21. The maximum atomic E-state index is 13.0. The van der Waals surface area contributed by atoms with E-state index in [1.165, 1.54) is 0 Å². The Balaban J connectivity index is 1.60. The summed E-state index contributed by atoms with van der Waals surface area (Å²) in [5.41, 5.74) is 1.53. The number of carbonyl (C=O) groups is 3. The van der Waals surface area contributed by atoms with Crippen LogP contribution in [0.4, 0.5) is 4.79 Å². The van der Waals surface area contributed by atoms with Gasteiger partial charge in [0.15, 0.2) is 11.5 Å². The van der Waals surface area contributed by atoms with Gasteiger partial charge in [-0.15, -0.1) is 0 Å². The van der Waals surface area contributed by atoms with Crippen LogP contribution in [-0.4, -0.2) is 28.6 Å². The standard InChI is InChI=1S/C26H18Cl2INO5S/c1-2-34-21-12-15(11-20(29)23(21)35-25(32)17-8-4-6-10-19(17)28)13-22-24(31)30(26(33)36-22)14-16-7-3-5-9-18(16)27/h3-13H,2,14H2,1H3/b22-13-. The summed E-state index contributed by atoms with van der Waals surface area (Å²) in [6.07, 6.45) is 1.61. The summed E-state index contributed by atoms with van der Waals surface area (Å²) in [7, 11) is 0. The van der Waals surface area contributed by atoms with E-state index in [9.17, 15) is 14.4 Å². The normalized spacial score (nSPS) is 14.4. The number of rotatable bonds is 7. The molecule has 0 bridgehead atoms. The quantitative estimate of drug-likeness (QED) is 0.114. The summed E-state index contributed by atoms with van der Waals surface area (Å²) < 4.78 is 11.9. The number of hydrogen-bond acceptors (Lipinski definition) is 6. The maximum absolute atomic E-state index is 13.0. The Morgan fingerprint density at radius 1 is 1.06 bits per heavy atom. The third-order valence-corrected chi connectivity index (χ3v) is 7.48. The molecule has 1 fully saturated rings. The molecule has 184 valence electrons. The molecule has 0 N–H and O–H groups in total. The number of nitrogens with zero attached hydrogens (tertiary/aromatic N) is 1. The summed E-state index contributed by atoms with van der Waals surface area (Å²) in [5, 5.41) is 0.383. The van der Waals surface area contributed by atoms with Crippen molar-refractivity contribution >= 4 is 80.7 Å². The predicted octanol–water partition coefficient (Wildman–Crippen LogP) is 7.45. The van der Waals surface area contributed by atoms with Crippen molar-refractivity contribution in [2.45, 2.75) is 13.5 Å². The third-order valence-electron chi connectivity index (χ3n) is 5.08. The zero-order valence-corrected chi connectivity index (χ0v) is 23.3. The molecule has 0 radical (unpaired) electrons. The summed E-state index contributed by atoms with van der Waals surface area (Å²) >= 11 is 15.2. The van der Waals surface area contributed by atoms with E-state index >= 15 is 0 Å². The highest BCUT2D eigenvalue weighted by Gasteiger charge is 2.35. The van der Waals surface area contributed by atoms with E-state index in [1.54, 1.807) is 73.7 Å². The van der Waals surface area contributed by atoms with Crippen molar-refractivity contribution in [3.8, 4) is 11.5 Å². The van der Waals surface area contributed by atoms with E-state index in [4.69, 9.17) is 32.7 Å². The number of carbonyl (C=O) groups excluding carboxylic acids is 3. The number of halogens is 3. The minimum absolute atomic E-state index is 0.0837. The Morgan fingerprint density at radius 3 is 2.44 bits per heavy atom. The van der Waals surface area contributed by atoms with Crippen molar-refractivity contribution in [2.24, 2.45) is 0 Å². The number of thioether (sulfide) groups is 1. The molecule has 0 spiro atoms. The Bertz CT molecular complexity index is 1390. The fourth-order valence-electron chi connectivity index (χ4n) is 3.39. The number of amides is 2. The van der Waals surface area contributed by atoms with Gasteiger partial charge in [0.25, 0.3) is 11.1 Å². The zero-order valence-electron chi connectivity index (χ0n) is 18.8. The predicted molar refractivity (Wildman–Crippen MR) is 150 cm³/mol. The molecule has 4 rings (SSSR count). The molecular formula is C26H18Cl2INO5S. The van der Waals surface area contributed by atoms with Gasteiger partial charge in [0.1, 0.15) is 0 Å². The molecule has 2 amide bonds. The van der Waals surface area contributed by atoms with Crippen LogP contribution in [0.1, 0.15) is 28.4 Å². The van der Waals surface area contributed by atoms with Crippen LogP contribution in [0.15, 0.2) is 65.6 Å². The molecule has 1 aliphatic rings. The van der Waals surface area contributed by atoms with E-state index in [1.807, 2.05) is 22.6 Å². The van der Waals surface area contributed by atoms with Gasteiger partial charge >= 0.3 is 5.97 Å². The van der Waals surface area contributed by atoms with Gasteiger partial charge in [-0.05, 0) is 88.8 Å². The number of esters is 1. The molecule has 1 aliphatic heterocycles. The molecule has 1 saturated heterocycles. The van der Waals surface area contributed by atoms with Gasteiger partial charge in [0.05, 0.1) is 32.2 Å². The van der Waals surface area contributed by atoms with E-state index < -0.39 is 11.9 Å². The van der Waals surface area contributed by atoms with Crippen molar-refractivity contribution in [2.75, 3.05) is 6.61 Å². The van der Waals surface area contributed by atoms with Crippen LogP contribution in [0.25, 0.3) is 6.08 Å². The molecule has 3 aromatic carbocycles. The highest BCUT2D eigenvalue weighted by molar-refractivity contribution is 14.1. The largest absolute Gasteiger partial charge is 0.490 e. The molecule has 36 heavy (non-hydrogen) atoms. The monoisotopic (exact) mass is 653 g/mol. The van der Waals surface area contributed by atoms with Crippen molar-refractivity contribution in [3.63, 3.8) is 0 Å². The van der Waals surface area contributed by atoms with Crippen LogP contribution in [-0.2, 0) is 11.3 Å². The summed E-state index contributed by atoms with van der Waals surface area (Å²) in [5.74, 6) is -0.460. The molecule has 0 atom stereocenters. The lowest BCUT2D eigenvalue weighted by molar-refractivity contribution is -0.123. The third kappa shape index (κ3) is 5.88. The van der Waals surface area contributed by atoms with Crippen LogP contribution in [0.5, 0.6) is 11.5 Å². The van der Waals surface area contributed by atoms with Gasteiger partial charge in [0, 0.05) is 5.02 Å². The molecule has 0 unspecified atom stereocenters. The first kappa shape index (κ1) is 26.5.